The summed E-state index contributed by atoms with van der Waals surface area (Å²) >= 11 is 0. The van der Waals surface area contributed by atoms with E-state index in [0.717, 1.165) is 0 Å². The molecule has 0 aromatic heterocycles. The molecule has 0 aliphatic carbocycles. The molecular weight excluding hydrogens is 306 g/mol. The van der Waals surface area contributed by atoms with E-state index in [0.29, 0.717) is 5.57 Å². The van der Waals surface area contributed by atoms with Crippen LogP contribution >= 0.6 is 0 Å². The highest BCUT2D eigenvalue weighted by atomic mass is 16.7. The summed E-state index contributed by atoms with van der Waals surface area (Å²) in [5, 5.41) is 23.6. The highest BCUT2D eigenvalue weighted by Crippen LogP contribution is 2.41. The minimum atomic E-state index is -1.71. The fraction of sp³-hybridized carbons (Fsp3) is 0.733. The Morgan fingerprint density at radius 2 is 1.91 bits per heavy atom. The van der Waals surface area contributed by atoms with Crippen molar-refractivity contribution in [1.29, 1.82) is 0 Å². The van der Waals surface area contributed by atoms with Crippen LogP contribution in [0, 0.1) is 11.8 Å². The standard InChI is InChI=1S/C15H21NO7/c1-7-5-23-15(20,8(7)2)14-12(19)13(21-6-22-14)9-3-10(17)16-11(18)4-9/h8-9,12-14,19-20H,1,3-6H2,2H3,(H,16,17,18)/t8-,12-,13?,14+,15-/m1/s1. The lowest BCUT2D eigenvalue weighted by atomic mass is 9.81. The number of aliphatic hydroxyl groups is 2. The quantitative estimate of drug-likeness (QED) is 0.443. The molecule has 0 saturated carbocycles. The molecule has 3 saturated heterocycles. The molecular formula is C15H21NO7. The number of hydrogen-bond acceptors (Lipinski definition) is 7. The van der Waals surface area contributed by atoms with Gasteiger partial charge in [-0.3, -0.25) is 14.9 Å². The van der Waals surface area contributed by atoms with Crippen LogP contribution < -0.4 is 5.32 Å². The zero-order valence-electron chi connectivity index (χ0n) is 12.9. The van der Waals surface area contributed by atoms with Crippen LogP contribution in [-0.4, -0.2) is 59.5 Å². The van der Waals surface area contributed by atoms with Gasteiger partial charge in [-0.1, -0.05) is 13.5 Å². The van der Waals surface area contributed by atoms with E-state index in [1.54, 1.807) is 6.92 Å². The van der Waals surface area contributed by atoms with Crippen LogP contribution in [0.25, 0.3) is 0 Å². The van der Waals surface area contributed by atoms with Crippen molar-refractivity contribution in [1.82, 2.24) is 5.32 Å². The summed E-state index contributed by atoms with van der Waals surface area (Å²) in [5.74, 6) is -3.40. The van der Waals surface area contributed by atoms with E-state index in [1.165, 1.54) is 0 Å². The van der Waals surface area contributed by atoms with Gasteiger partial charge in [-0.2, -0.15) is 0 Å². The van der Waals surface area contributed by atoms with E-state index in [9.17, 15) is 19.8 Å². The molecule has 0 bridgehead atoms. The van der Waals surface area contributed by atoms with Gasteiger partial charge in [-0.25, -0.2) is 0 Å². The third kappa shape index (κ3) is 2.81. The van der Waals surface area contributed by atoms with Gasteiger partial charge in [0.2, 0.25) is 17.6 Å². The number of piperidine rings is 1. The van der Waals surface area contributed by atoms with E-state index < -0.39 is 47.7 Å². The molecule has 3 fully saturated rings. The van der Waals surface area contributed by atoms with Gasteiger partial charge >= 0.3 is 0 Å². The van der Waals surface area contributed by atoms with Crippen LogP contribution in [0.15, 0.2) is 12.2 Å². The molecule has 5 atom stereocenters. The number of rotatable bonds is 2. The Kier molecular flexibility index (Phi) is 4.28. The Balaban J connectivity index is 1.78. The minimum absolute atomic E-state index is 0.0712. The lowest BCUT2D eigenvalue weighted by Gasteiger charge is -2.45. The van der Waals surface area contributed by atoms with Crippen LogP contribution in [0.2, 0.25) is 0 Å². The zero-order valence-corrected chi connectivity index (χ0v) is 12.9. The molecule has 3 N–H and O–H groups in total. The molecule has 3 rings (SSSR count). The van der Waals surface area contributed by atoms with E-state index in [4.69, 9.17) is 14.2 Å². The van der Waals surface area contributed by atoms with E-state index in [2.05, 4.69) is 11.9 Å². The molecule has 3 aliphatic rings. The van der Waals surface area contributed by atoms with Crippen molar-refractivity contribution < 1.29 is 34.0 Å². The highest BCUT2D eigenvalue weighted by molar-refractivity contribution is 5.97. The second kappa shape index (κ2) is 5.95. The van der Waals surface area contributed by atoms with Crippen molar-refractivity contribution in [3.63, 3.8) is 0 Å². The first kappa shape index (κ1) is 16.5. The third-order valence-corrected chi connectivity index (χ3v) is 4.92. The first-order valence-corrected chi connectivity index (χ1v) is 7.61. The Bertz CT molecular complexity index is 520. The van der Waals surface area contributed by atoms with Gasteiger partial charge in [0.05, 0.1) is 12.7 Å². The summed E-state index contributed by atoms with van der Waals surface area (Å²) in [6.45, 7) is 5.59. The summed E-state index contributed by atoms with van der Waals surface area (Å²) < 4.78 is 16.2. The zero-order chi connectivity index (χ0) is 16.8. The number of carbonyl (C=O) groups excluding carboxylic acids is 2. The number of imide groups is 1. The molecule has 2 amide bonds. The van der Waals surface area contributed by atoms with E-state index >= 15 is 0 Å². The van der Waals surface area contributed by atoms with Crippen LogP contribution in [0.5, 0.6) is 0 Å². The summed E-state index contributed by atoms with van der Waals surface area (Å²) in [6, 6.07) is 0. The molecule has 3 aliphatic heterocycles. The van der Waals surface area contributed by atoms with Crippen LogP contribution in [0.1, 0.15) is 19.8 Å². The molecule has 23 heavy (non-hydrogen) atoms. The number of carbonyl (C=O) groups is 2. The summed E-state index contributed by atoms with van der Waals surface area (Å²) in [5.41, 5.74) is 0.707. The Morgan fingerprint density at radius 3 is 2.48 bits per heavy atom. The van der Waals surface area contributed by atoms with Crippen LogP contribution in [0.3, 0.4) is 0 Å². The number of nitrogens with one attached hydrogen (secondary N) is 1. The van der Waals surface area contributed by atoms with Gasteiger partial charge in [0, 0.05) is 24.7 Å². The van der Waals surface area contributed by atoms with Crippen molar-refractivity contribution in [2.75, 3.05) is 13.4 Å². The maximum absolute atomic E-state index is 11.5. The predicted octanol–water partition coefficient (Wildman–Crippen LogP) is -0.947. The number of amides is 2. The van der Waals surface area contributed by atoms with Crippen molar-refractivity contribution >= 4 is 11.8 Å². The summed E-state index contributed by atoms with van der Waals surface area (Å²) in [6.07, 6.45) is -2.93. The van der Waals surface area contributed by atoms with Gasteiger partial charge in [0.25, 0.3) is 0 Å². The third-order valence-electron chi connectivity index (χ3n) is 4.92. The van der Waals surface area contributed by atoms with Gasteiger partial charge in [-0.05, 0) is 5.57 Å². The monoisotopic (exact) mass is 327 g/mol. The van der Waals surface area contributed by atoms with E-state index in [1.807, 2.05) is 0 Å². The van der Waals surface area contributed by atoms with E-state index in [-0.39, 0.29) is 26.2 Å². The molecule has 0 radical (unpaired) electrons. The maximum atomic E-state index is 11.5. The molecule has 1 unspecified atom stereocenters. The van der Waals surface area contributed by atoms with Gasteiger partial charge in [0.15, 0.2) is 0 Å². The Labute approximate surface area is 133 Å². The topological polar surface area (TPSA) is 114 Å². The average Bonchev–Trinajstić information content (AvgIpc) is 2.75. The SMILES string of the molecule is C=C1CO[C@@](O)([C@H]2OCOC(C3CC(=O)NC(=O)C3)[C@H]2O)[C@@H]1C. The molecule has 3 heterocycles. The molecule has 8 nitrogen and oxygen atoms in total. The normalized spacial score (nSPS) is 42.8. The predicted molar refractivity (Wildman–Crippen MR) is 75.7 cm³/mol. The smallest absolute Gasteiger partial charge is 0.226 e. The lowest BCUT2D eigenvalue weighted by Crippen LogP contribution is -2.62. The van der Waals surface area contributed by atoms with Gasteiger partial charge in [0.1, 0.15) is 19.0 Å². The fourth-order valence-electron chi connectivity index (χ4n) is 3.46. The Morgan fingerprint density at radius 1 is 1.26 bits per heavy atom. The molecule has 128 valence electrons. The number of ether oxygens (including phenoxy) is 3. The van der Waals surface area contributed by atoms with Crippen molar-refractivity contribution in [2.24, 2.45) is 11.8 Å². The van der Waals surface area contributed by atoms with Crippen molar-refractivity contribution in [3.8, 4) is 0 Å². The second-order valence-corrected chi connectivity index (χ2v) is 6.39. The highest BCUT2D eigenvalue weighted by Gasteiger charge is 2.56. The van der Waals surface area contributed by atoms with Crippen LogP contribution in [-0.2, 0) is 23.8 Å². The van der Waals surface area contributed by atoms with Crippen molar-refractivity contribution in [2.45, 2.75) is 43.9 Å². The minimum Gasteiger partial charge on any atom is -0.387 e. The fourth-order valence-corrected chi connectivity index (χ4v) is 3.46. The largest absolute Gasteiger partial charge is 0.387 e. The molecule has 8 heteroatoms. The average molecular weight is 327 g/mol. The number of aliphatic hydroxyl groups excluding tert-OH is 1. The summed E-state index contributed by atoms with van der Waals surface area (Å²) in [7, 11) is 0. The molecule has 0 aromatic rings. The first-order valence-electron chi connectivity index (χ1n) is 7.61. The van der Waals surface area contributed by atoms with Crippen molar-refractivity contribution in [3.05, 3.63) is 12.2 Å². The van der Waals surface area contributed by atoms with Gasteiger partial charge in [-0.15, -0.1) is 0 Å². The molecule has 0 aromatic carbocycles. The van der Waals surface area contributed by atoms with Gasteiger partial charge < -0.3 is 24.4 Å². The second-order valence-electron chi connectivity index (χ2n) is 6.39. The first-order chi connectivity index (χ1) is 10.8. The number of hydrogen-bond donors (Lipinski definition) is 3. The van der Waals surface area contributed by atoms with Crippen LogP contribution in [0.4, 0.5) is 0 Å². The lowest BCUT2D eigenvalue weighted by molar-refractivity contribution is -0.338. The summed E-state index contributed by atoms with van der Waals surface area (Å²) in [4.78, 5) is 23.1. The molecule has 0 spiro atoms. The Hall–Kier alpha value is -1.32. The maximum Gasteiger partial charge on any atom is 0.226 e.